The van der Waals surface area contributed by atoms with Gasteiger partial charge in [0, 0.05) is 52.5 Å². The molecule has 7 aromatic rings. The summed E-state index contributed by atoms with van der Waals surface area (Å²) in [4.78, 5) is 23.8. The van der Waals surface area contributed by atoms with Gasteiger partial charge in [-0.1, -0.05) is 61.5 Å². The average Bonchev–Trinajstić information content (AvgIpc) is 3.79. The molecule has 0 fully saturated rings. The third-order valence-corrected chi connectivity index (χ3v) is 8.51. The zero-order valence-corrected chi connectivity index (χ0v) is 24.5. The fourth-order valence-corrected chi connectivity index (χ4v) is 6.23. The highest BCUT2D eigenvalue weighted by Gasteiger charge is 2.29. The lowest BCUT2D eigenvalue weighted by molar-refractivity contribution is 0.0994. The Morgan fingerprint density at radius 2 is 1.50 bits per heavy atom. The third kappa shape index (κ3) is 5.04. The van der Waals surface area contributed by atoms with Crippen LogP contribution in [0.5, 0.6) is 0 Å². The first-order valence-electron chi connectivity index (χ1n) is 15.0. The number of pyridine rings is 1. The molecule has 4 aromatic heterocycles. The maximum Gasteiger partial charge on any atom is 0.267 e. The Bertz CT molecular complexity index is 2080. The molecule has 4 heterocycles. The van der Waals surface area contributed by atoms with Gasteiger partial charge in [0.05, 0.1) is 5.92 Å². The maximum atomic E-state index is 12.7. The standard InChI is InChI=1S/C36H33N7O/c1-2-23-13-16-26(17-14-23)43-33(18-15-24-21-39-31-11-5-3-8-27(24)31)41-42-36(43)30(29-10-7-19-38-34(29)35(37)44)20-25-22-40-32-12-6-4-9-28(25)32/h3-14,16-17,19,21-22,30,39-40H,2,15,18,20H2,1H3,(H2,37,44)/t30-/m1/s1. The van der Waals surface area contributed by atoms with E-state index < -0.39 is 5.91 Å². The zero-order valence-electron chi connectivity index (χ0n) is 24.5. The Labute approximate surface area is 255 Å². The van der Waals surface area contributed by atoms with Gasteiger partial charge in [0.2, 0.25) is 0 Å². The lowest BCUT2D eigenvalue weighted by atomic mass is 9.89. The van der Waals surface area contributed by atoms with E-state index in [1.807, 2.05) is 36.5 Å². The molecule has 0 spiro atoms. The van der Waals surface area contributed by atoms with Crippen LogP contribution in [0.25, 0.3) is 27.5 Å². The van der Waals surface area contributed by atoms with Crippen molar-refractivity contribution in [3.63, 3.8) is 0 Å². The van der Waals surface area contributed by atoms with Crippen LogP contribution in [0.4, 0.5) is 0 Å². The van der Waals surface area contributed by atoms with E-state index in [-0.39, 0.29) is 11.6 Å². The summed E-state index contributed by atoms with van der Waals surface area (Å²) in [5.41, 5.74) is 13.6. The Hall–Kier alpha value is -5.50. The first-order chi connectivity index (χ1) is 21.6. The predicted molar refractivity (Wildman–Crippen MR) is 173 cm³/mol. The maximum absolute atomic E-state index is 12.7. The molecule has 7 rings (SSSR count). The molecule has 0 saturated carbocycles. The van der Waals surface area contributed by atoms with Crippen molar-refractivity contribution >= 4 is 27.7 Å². The molecular weight excluding hydrogens is 546 g/mol. The van der Waals surface area contributed by atoms with Crippen molar-refractivity contribution in [2.45, 2.75) is 38.5 Å². The first-order valence-corrected chi connectivity index (χ1v) is 15.0. The second-order valence-corrected chi connectivity index (χ2v) is 11.1. The molecule has 1 amide bonds. The minimum Gasteiger partial charge on any atom is -0.364 e. The van der Waals surface area contributed by atoms with Gasteiger partial charge in [-0.15, -0.1) is 10.2 Å². The van der Waals surface area contributed by atoms with Gasteiger partial charge >= 0.3 is 0 Å². The van der Waals surface area contributed by atoms with Crippen molar-refractivity contribution in [3.05, 3.63) is 143 Å². The molecule has 0 saturated heterocycles. The number of nitrogens with zero attached hydrogens (tertiary/aromatic N) is 4. The number of nitrogens with two attached hydrogens (primary N) is 1. The van der Waals surface area contributed by atoms with Gasteiger partial charge in [-0.05, 0) is 71.8 Å². The van der Waals surface area contributed by atoms with Gasteiger partial charge in [0.1, 0.15) is 17.3 Å². The van der Waals surface area contributed by atoms with Crippen LogP contribution in [-0.4, -0.2) is 35.6 Å². The fourth-order valence-electron chi connectivity index (χ4n) is 6.23. The van der Waals surface area contributed by atoms with Crippen LogP contribution in [0, 0.1) is 0 Å². The number of aromatic amines is 2. The van der Waals surface area contributed by atoms with Crippen LogP contribution in [0.2, 0.25) is 0 Å². The van der Waals surface area contributed by atoms with Crippen molar-refractivity contribution in [1.82, 2.24) is 29.7 Å². The molecule has 218 valence electrons. The van der Waals surface area contributed by atoms with E-state index in [1.54, 1.807) is 6.20 Å². The molecule has 0 aliphatic rings. The molecule has 0 radical (unpaired) electrons. The molecule has 4 N–H and O–H groups in total. The van der Waals surface area contributed by atoms with Gasteiger partial charge in [-0.2, -0.15) is 0 Å². The topological polar surface area (TPSA) is 118 Å². The molecule has 0 unspecified atom stereocenters. The van der Waals surface area contributed by atoms with Crippen molar-refractivity contribution < 1.29 is 4.79 Å². The van der Waals surface area contributed by atoms with Crippen molar-refractivity contribution in [2.24, 2.45) is 5.73 Å². The largest absolute Gasteiger partial charge is 0.364 e. The highest BCUT2D eigenvalue weighted by atomic mass is 16.1. The quantitative estimate of drug-likeness (QED) is 0.173. The van der Waals surface area contributed by atoms with Gasteiger partial charge in [-0.25, -0.2) is 0 Å². The molecule has 8 nitrogen and oxygen atoms in total. The summed E-state index contributed by atoms with van der Waals surface area (Å²) in [6.45, 7) is 2.15. The van der Waals surface area contributed by atoms with E-state index in [9.17, 15) is 4.79 Å². The number of primary amides is 1. The highest BCUT2D eigenvalue weighted by molar-refractivity contribution is 5.92. The fraction of sp³-hybridized carbons (Fsp3) is 0.167. The Morgan fingerprint density at radius 1 is 0.818 bits per heavy atom. The summed E-state index contributed by atoms with van der Waals surface area (Å²) in [7, 11) is 0. The Kier molecular flexibility index (Phi) is 7.24. The molecule has 1 atom stereocenters. The second kappa shape index (κ2) is 11.6. The van der Waals surface area contributed by atoms with Crippen LogP contribution in [0.15, 0.2) is 104 Å². The second-order valence-electron chi connectivity index (χ2n) is 11.1. The van der Waals surface area contributed by atoms with E-state index in [0.717, 1.165) is 57.7 Å². The van der Waals surface area contributed by atoms with Gasteiger partial charge in [0.15, 0.2) is 0 Å². The van der Waals surface area contributed by atoms with Crippen LogP contribution in [0.3, 0.4) is 0 Å². The predicted octanol–water partition coefficient (Wildman–Crippen LogP) is 6.45. The number of amides is 1. The third-order valence-electron chi connectivity index (χ3n) is 8.51. The highest BCUT2D eigenvalue weighted by Crippen LogP contribution is 2.34. The van der Waals surface area contributed by atoms with E-state index in [0.29, 0.717) is 12.8 Å². The van der Waals surface area contributed by atoms with Crippen molar-refractivity contribution in [3.8, 4) is 5.69 Å². The number of aromatic nitrogens is 6. The minimum absolute atomic E-state index is 0.244. The van der Waals surface area contributed by atoms with Crippen LogP contribution < -0.4 is 5.73 Å². The summed E-state index contributed by atoms with van der Waals surface area (Å²) in [5.74, 6) is 0.681. The summed E-state index contributed by atoms with van der Waals surface area (Å²) >= 11 is 0. The molecule has 0 aliphatic heterocycles. The number of carbonyl (C=O) groups excluding carboxylic acids is 1. The number of hydrogen-bond acceptors (Lipinski definition) is 4. The number of nitrogens with one attached hydrogen (secondary N) is 2. The smallest absolute Gasteiger partial charge is 0.267 e. The molecular formula is C36H33N7O. The van der Waals surface area contributed by atoms with E-state index in [1.165, 1.54) is 16.5 Å². The number of hydrogen-bond donors (Lipinski definition) is 3. The number of carbonyl (C=O) groups is 1. The summed E-state index contributed by atoms with van der Waals surface area (Å²) in [5, 5.41) is 12.0. The van der Waals surface area contributed by atoms with Gasteiger partial charge in [-0.3, -0.25) is 14.3 Å². The van der Waals surface area contributed by atoms with E-state index >= 15 is 0 Å². The van der Waals surface area contributed by atoms with Crippen LogP contribution in [-0.2, 0) is 25.7 Å². The van der Waals surface area contributed by atoms with E-state index in [4.69, 9.17) is 15.9 Å². The number of rotatable bonds is 10. The SMILES string of the molecule is CCc1ccc(-n2c(CCc3c[nH]c4ccccc34)nnc2[C@H](Cc2c[nH]c3ccccc23)c2cccnc2C(N)=O)cc1. The number of fused-ring (bicyclic) bond motifs is 2. The molecule has 0 aliphatic carbocycles. The van der Waals surface area contributed by atoms with Crippen molar-refractivity contribution in [1.29, 1.82) is 0 Å². The summed E-state index contributed by atoms with van der Waals surface area (Å²) < 4.78 is 2.16. The molecule has 0 bridgehead atoms. The summed E-state index contributed by atoms with van der Waals surface area (Å²) in [6, 6.07) is 28.9. The monoisotopic (exact) mass is 579 g/mol. The Morgan fingerprint density at radius 3 is 2.20 bits per heavy atom. The van der Waals surface area contributed by atoms with Gasteiger partial charge in [0.25, 0.3) is 5.91 Å². The average molecular weight is 580 g/mol. The van der Waals surface area contributed by atoms with E-state index in [2.05, 4.69) is 87.2 Å². The van der Waals surface area contributed by atoms with Crippen LogP contribution >= 0.6 is 0 Å². The number of aryl methyl sites for hydroxylation is 3. The zero-order chi connectivity index (χ0) is 30.0. The Balaban J connectivity index is 1.37. The minimum atomic E-state index is -0.567. The van der Waals surface area contributed by atoms with Gasteiger partial charge < -0.3 is 15.7 Å². The molecule has 8 heteroatoms. The lowest BCUT2D eigenvalue weighted by Gasteiger charge is -2.21. The number of para-hydroxylation sites is 2. The molecule has 44 heavy (non-hydrogen) atoms. The normalized spacial score (nSPS) is 12.2. The summed E-state index contributed by atoms with van der Waals surface area (Å²) in [6.07, 6.45) is 8.71. The van der Waals surface area contributed by atoms with Crippen LogP contribution in [0.1, 0.15) is 57.2 Å². The number of H-pyrrole nitrogens is 2. The number of benzene rings is 3. The van der Waals surface area contributed by atoms with Crippen molar-refractivity contribution in [2.75, 3.05) is 0 Å². The first kappa shape index (κ1) is 27.3. The lowest BCUT2D eigenvalue weighted by Crippen LogP contribution is -2.21. The molecule has 3 aromatic carbocycles.